The summed E-state index contributed by atoms with van der Waals surface area (Å²) < 4.78 is 46.4. The molecule has 220 valence electrons. The lowest BCUT2D eigenvalue weighted by Crippen LogP contribution is -2.48. The molecule has 2 aromatic rings. The third kappa shape index (κ3) is 7.07. The van der Waals surface area contributed by atoms with Gasteiger partial charge in [0.15, 0.2) is 0 Å². The summed E-state index contributed by atoms with van der Waals surface area (Å²) >= 11 is 0. The number of unbranched alkanes of at least 4 members (excludes halogenated alkanes) is 2. The van der Waals surface area contributed by atoms with E-state index in [0.29, 0.717) is 30.6 Å². The van der Waals surface area contributed by atoms with Crippen molar-refractivity contribution in [3.63, 3.8) is 0 Å². The molecule has 0 radical (unpaired) electrons. The summed E-state index contributed by atoms with van der Waals surface area (Å²) in [5, 5.41) is 9.14. The Morgan fingerprint density at radius 1 is 1.00 bits per heavy atom. The van der Waals surface area contributed by atoms with Gasteiger partial charge in [-0.15, -0.1) is 0 Å². The highest BCUT2D eigenvalue weighted by Gasteiger charge is 2.52. The fourth-order valence-corrected chi connectivity index (χ4v) is 7.97. The number of carboxylic acids is 1. The third-order valence-electron chi connectivity index (χ3n) is 9.39. The Balaban J connectivity index is 1.38. The first kappa shape index (κ1) is 29.5. The van der Waals surface area contributed by atoms with E-state index in [9.17, 15) is 18.0 Å². The number of aliphatic carboxylic acids is 1. The number of carboxylic acid groups (broad SMARTS) is 1. The Morgan fingerprint density at radius 2 is 1.71 bits per heavy atom. The molecule has 0 spiro atoms. The van der Waals surface area contributed by atoms with Gasteiger partial charge in [-0.3, -0.25) is 0 Å². The van der Waals surface area contributed by atoms with Crippen molar-refractivity contribution in [3.8, 4) is 5.75 Å². The van der Waals surface area contributed by atoms with E-state index in [1.54, 1.807) is 6.07 Å². The van der Waals surface area contributed by atoms with Gasteiger partial charge < -0.3 is 9.84 Å². The normalized spacial score (nSPS) is 25.7. The van der Waals surface area contributed by atoms with E-state index < -0.39 is 17.7 Å². The molecule has 0 saturated heterocycles. The predicted molar refractivity (Wildman–Crippen MR) is 156 cm³/mol. The van der Waals surface area contributed by atoms with Gasteiger partial charge in [-0.1, -0.05) is 50.1 Å². The van der Waals surface area contributed by atoms with Crippen molar-refractivity contribution in [1.29, 1.82) is 0 Å². The van der Waals surface area contributed by atoms with E-state index in [1.807, 2.05) is 6.08 Å². The molecule has 4 fully saturated rings. The van der Waals surface area contributed by atoms with Gasteiger partial charge in [-0.05, 0) is 122 Å². The molecular formula is C35H41F3O3. The van der Waals surface area contributed by atoms with Gasteiger partial charge in [0, 0.05) is 11.6 Å². The van der Waals surface area contributed by atoms with Crippen LogP contribution in [0.2, 0.25) is 0 Å². The number of aryl methyl sites for hydroxylation is 1. The minimum atomic E-state index is -4.47. The molecule has 4 aliphatic carbocycles. The van der Waals surface area contributed by atoms with E-state index >= 15 is 0 Å². The molecular weight excluding hydrogens is 525 g/mol. The number of allylic oxidation sites excluding steroid dienone is 3. The van der Waals surface area contributed by atoms with Crippen LogP contribution in [0.5, 0.6) is 5.75 Å². The molecule has 2 aromatic carbocycles. The molecule has 3 nitrogen and oxygen atoms in total. The van der Waals surface area contributed by atoms with Crippen LogP contribution in [0.1, 0.15) is 93.4 Å². The molecule has 0 amide bonds. The summed E-state index contributed by atoms with van der Waals surface area (Å²) in [6.07, 6.45) is 12.2. The number of halogens is 3. The SMILES string of the molecule is CCCCCOc1cc(CCC=C(C=CC(=O)O)c2cccc(C(F)(F)F)c2)ccc1C12CC3CC(CC(C3)C1)C2. The van der Waals surface area contributed by atoms with Crippen LogP contribution in [-0.2, 0) is 22.8 Å². The lowest BCUT2D eigenvalue weighted by atomic mass is 9.48. The molecule has 4 saturated carbocycles. The van der Waals surface area contributed by atoms with E-state index in [1.165, 1.54) is 56.2 Å². The van der Waals surface area contributed by atoms with Gasteiger partial charge in [-0.25, -0.2) is 4.79 Å². The highest BCUT2D eigenvalue weighted by atomic mass is 19.4. The van der Waals surface area contributed by atoms with Gasteiger partial charge in [-0.2, -0.15) is 13.2 Å². The van der Waals surface area contributed by atoms with Crippen LogP contribution in [0.15, 0.2) is 60.7 Å². The first-order valence-corrected chi connectivity index (χ1v) is 15.2. The van der Waals surface area contributed by atoms with Gasteiger partial charge in [0.2, 0.25) is 0 Å². The second kappa shape index (κ2) is 12.5. The highest BCUT2D eigenvalue weighted by molar-refractivity contribution is 5.85. The minimum absolute atomic E-state index is 0.228. The number of hydrogen-bond acceptors (Lipinski definition) is 2. The van der Waals surface area contributed by atoms with Crippen molar-refractivity contribution < 1.29 is 27.8 Å². The molecule has 0 unspecified atom stereocenters. The lowest BCUT2D eigenvalue weighted by molar-refractivity contribution is -0.137. The van der Waals surface area contributed by atoms with Gasteiger partial charge in [0.25, 0.3) is 0 Å². The average Bonchev–Trinajstić information content (AvgIpc) is 2.92. The monoisotopic (exact) mass is 566 g/mol. The van der Waals surface area contributed by atoms with Crippen molar-refractivity contribution in [1.82, 2.24) is 0 Å². The average molecular weight is 567 g/mol. The minimum Gasteiger partial charge on any atom is -0.493 e. The van der Waals surface area contributed by atoms with E-state index in [0.717, 1.165) is 66.5 Å². The van der Waals surface area contributed by atoms with Crippen LogP contribution in [0, 0.1) is 17.8 Å². The number of hydrogen-bond donors (Lipinski definition) is 1. The van der Waals surface area contributed by atoms with Crippen LogP contribution < -0.4 is 4.74 Å². The Hall–Kier alpha value is -3.02. The molecule has 6 rings (SSSR count). The molecule has 6 heteroatoms. The van der Waals surface area contributed by atoms with Crippen LogP contribution in [-0.4, -0.2) is 17.7 Å². The van der Waals surface area contributed by atoms with E-state index in [-0.39, 0.29) is 5.41 Å². The van der Waals surface area contributed by atoms with Gasteiger partial charge >= 0.3 is 12.1 Å². The van der Waals surface area contributed by atoms with Crippen LogP contribution in [0.3, 0.4) is 0 Å². The first-order valence-electron chi connectivity index (χ1n) is 15.2. The fourth-order valence-electron chi connectivity index (χ4n) is 7.97. The van der Waals surface area contributed by atoms with Crippen LogP contribution >= 0.6 is 0 Å². The van der Waals surface area contributed by atoms with Crippen molar-refractivity contribution in [2.24, 2.45) is 17.8 Å². The number of alkyl halides is 3. The third-order valence-corrected chi connectivity index (χ3v) is 9.39. The smallest absolute Gasteiger partial charge is 0.416 e. The highest BCUT2D eigenvalue weighted by Crippen LogP contribution is 2.62. The maximum Gasteiger partial charge on any atom is 0.416 e. The summed E-state index contributed by atoms with van der Waals surface area (Å²) in [5.74, 6) is 2.38. The standard InChI is InChI=1S/C35H41F3O3/c1-2-3-4-15-41-32-19-24(11-13-31(32)34-21-25-16-26(22-34)18-27(17-25)23-34)7-5-8-28(12-14-33(39)40)29-9-6-10-30(20-29)35(36,37)38/h6,8-14,19-20,25-27H,2-5,7,15-18,21-23H2,1H3,(H,39,40). The summed E-state index contributed by atoms with van der Waals surface area (Å²) in [7, 11) is 0. The number of carbonyl (C=O) groups is 1. The molecule has 4 aliphatic rings. The first-order chi connectivity index (χ1) is 19.6. The maximum absolute atomic E-state index is 13.3. The Bertz CT molecular complexity index is 1250. The topological polar surface area (TPSA) is 46.5 Å². The lowest BCUT2D eigenvalue weighted by Gasteiger charge is -2.57. The molecule has 0 aliphatic heterocycles. The Kier molecular flexibility index (Phi) is 8.96. The maximum atomic E-state index is 13.3. The van der Waals surface area contributed by atoms with Crippen molar-refractivity contribution in [2.75, 3.05) is 6.61 Å². The summed E-state index contributed by atoms with van der Waals surface area (Å²) in [4.78, 5) is 11.2. The van der Waals surface area contributed by atoms with E-state index in [4.69, 9.17) is 9.84 Å². The molecule has 0 atom stereocenters. The zero-order chi connectivity index (χ0) is 29.0. The summed E-state index contributed by atoms with van der Waals surface area (Å²) in [5.41, 5.74) is 2.77. The van der Waals surface area contributed by atoms with Crippen molar-refractivity contribution in [3.05, 3.63) is 82.9 Å². The number of benzene rings is 2. The number of rotatable bonds is 12. The second-order valence-electron chi connectivity index (χ2n) is 12.5. The Labute approximate surface area is 241 Å². The molecule has 0 heterocycles. The zero-order valence-electron chi connectivity index (χ0n) is 23.9. The van der Waals surface area contributed by atoms with E-state index in [2.05, 4.69) is 25.1 Å². The van der Waals surface area contributed by atoms with Crippen LogP contribution in [0.25, 0.3) is 5.57 Å². The second-order valence-corrected chi connectivity index (χ2v) is 12.5. The fraction of sp³-hybridized carbons (Fsp3) is 0.514. The molecule has 0 aromatic heterocycles. The summed E-state index contributed by atoms with van der Waals surface area (Å²) in [6, 6.07) is 11.7. The predicted octanol–water partition coefficient (Wildman–Crippen LogP) is 9.40. The Morgan fingerprint density at radius 3 is 2.34 bits per heavy atom. The quantitative estimate of drug-likeness (QED) is 0.158. The van der Waals surface area contributed by atoms with Crippen molar-refractivity contribution >= 4 is 11.5 Å². The van der Waals surface area contributed by atoms with Gasteiger partial charge in [0.1, 0.15) is 5.75 Å². The molecule has 1 N–H and O–H groups in total. The molecule has 41 heavy (non-hydrogen) atoms. The summed E-state index contributed by atoms with van der Waals surface area (Å²) in [6.45, 7) is 2.89. The van der Waals surface area contributed by atoms with Gasteiger partial charge in [0.05, 0.1) is 12.2 Å². The number of ether oxygens (including phenoxy) is 1. The largest absolute Gasteiger partial charge is 0.493 e. The molecule has 4 bridgehead atoms. The zero-order valence-corrected chi connectivity index (χ0v) is 23.9. The van der Waals surface area contributed by atoms with Crippen LogP contribution in [0.4, 0.5) is 13.2 Å². The van der Waals surface area contributed by atoms with Crippen molar-refractivity contribution in [2.45, 2.75) is 89.1 Å².